The molecule has 0 aromatic heterocycles. The van der Waals surface area contributed by atoms with Crippen molar-refractivity contribution in [1.82, 2.24) is 10.2 Å². The third-order valence-corrected chi connectivity index (χ3v) is 5.28. The summed E-state index contributed by atoms with van der Waals surface area (Å²) in [7, 11) is 2.29. The number of fused-ring (bicyclic) bond motifs is 1. The van der Waals surface area contributed by atoms with Crippen molar-refractivity contribution in [3.63, 3.8) is 0 Å². The monoisotopic (exact) mass is 238 g/mol. The third kappa shape index (κ3) is 2.85. The second-order valence-electron chi connectivity index (χ2n) is 7.35. The van der Waals surface area contributed by atoms with Crippen LogP contribution in [-0.4, -0.2) is 37.1 Å². The number of hydrogen-bond donors (Lipinski definition) is 1. The van der Waals surface area contributed by atoms with E-state index in [1.165, 1.54) is 32.4 Å². The van der Waals surface area contributed by atoms with Gasteiger partial charge in [-0.1, -0.05) is 27.2 Å². The molecule has 0 bridgehead atoms. The van der Waals surface area contributed by atoms with Crippen molar-refractivity contribution in [3.05, 3.63) is 0 Å². The Hall–Kier alpha value is -0.0800. The van der Waals surface area contributed by atoms with Crippen LogP contribution in [0.15, 0.2) is 0 Å². The van der Waals surface area contributed by atoms with Crippen LogP contribution in [0.25, 0.3) is 0 Å². The Morgan fingerprint density at radius 1 is 1.29 bits per heavy atom. The highest BCUT2D eigenvalue weighted by Crippen LogP contribution is 2.38. The average molecular weight is 238 g/mol. The lowest BCUT2D eigenvalue weighted by atomic mass is 9.86. The van der Waals surface area contributed by atoms with Gasteiger partial charge in [0.25, 0.3) is 0 Å². The first kappa shape index (κ1) is 13.4. The summed E-state index contributed by atoms with van der Waals surface area (Å²) in [5, 5.41) is 3.75. The highest BCUT2D eigenvalue weighted by molar-refractivity contribution is 4.96. The molecule has 2 fully saturated rings. The van der Waals surface area contributed by atoms with Gasteiger partial charge in [0, 0.05) is 18.6 Å². The fourth-order valence-electron chi connectivity index (χ4n) is 3.63. The van der Waals surface area contributed by atoms with Crippen LogP contribution in [0.1, 0.15) is 47.0 Å². The fraction of sp³-hybridized carbons (Fsp3) is 1.00. The molecule has 2 rings (SSSR count). The van der Waals surface area contributed by atoms with Gasteiger partial charge in [0.2, 0.25) is 0 Å². The first-order valence-corrected chi connectivity index (χ1v) is 7.33. The van der Waals surface area contributed by atoms with Crippen molar-refractivity contribution >= 4 is 0 Å². The molecule has 1 heterocycles. The van der Waals surface area contributed by atoms with E-state index in [2.05, 4.69) is 45.0 Å². The third-order valence-electron chi connectivity index (χ3n) is 5.28. The Labute approximate surface area is 107 Å². The largest absolute Gasteiger partial charge is 0.312 e. The van der Waals surface area contributed by atoms with Crippen LogP contribution in [0.5, 0.6) is 0 Å². The summed E-state index contributed by atoms with van der Waals surface area (Å²) in [6.07, 6.45) is 4.39. The average Bonchev–Trinajstić information content (AvgIpc) is 2.80. The maximum atomic E-state index is 3.75. The molecule has 0 aromatic rings. The molecule has 1 N–H and O–H groups in total. The van der Waals surface area contributed by atoms with Crippen LogP contribution in [0.3, 0.4) is 0 Å². The molecular weight excluding hydrogens is 208 g/mol. The molecule has 17 heavy (non-hydrogen) atoms. The number of likely N-dealkylation sites (N-methyl/N-ethyl adjacent to an activating group) is 1. The molecule has 0 radical (unpaired) electrons. The highest BCUT2D eigenvalue weighted by Gasteiger charge is 2.39. The summed E-state index contributed by atoms with van der Waals surface area (Å²) in [4.78, 5) is 2.55. The van der Waals surface area contributed by atoms with Gasteiger partial charge >= 0.3 is 0 Å². The smallest absolute Gasteiger partial charge is 0.0226 e. The predicted octanol–water partition coefficient (Wildman–Crippen LogP) is 2.74. The summed E-state index contributed by atoms with van der Waals surface area (Å²) < 4.78 is 0. The first-order chi connectivity index (χ1) is 7.89. The molecule has 0 spiro atoms. The fourth-order valence-corrected chi connectivity index (χ4v) is 3.63. The molecule has 2 aliphatic rings. The zero-order valence-electron chi connectivity index (χ0n) is 12.3. The molecule has 1 aliphatic carbocycles. The molecule has 2 heteroatoms. The van der Waals surface area contributed by atoms with E-state index in [1.807, 2.05) is 0 Å². The maximum Gasteiger partial charge on any atom is 0.0226 e. The molecule has 0 amide bonds. The second-order valence-corrected chi connectivity index (χ2v) is 7.35. The van der Waals surface area contributed by atoms with Crippen molar-refractivity contribution in [2.75, 3.05) is 20.1 Å². The summed E-state index contributed by atoms with van der Waals surface area (Å²) in [5.74, 6) is 1.95. The van der Waals surface area contributed by atoms with Crippen LogP contribution in [0.4, 0.5) is 0 Å². The number of nitrogens with zero attached hydrogens (tertiary/aromatic N) is 1. The first-order valence-electron chi connectivity index (χ1n) is 7.33. The Bertz CT molecular complexity index is 256. The van der Waals surface area contributed by atoms with Crippen molar-refractivity contribution in [2.45, 2.75) is 59.0 Å². The summed E-state index contributed by atoms with van der Waals surface area (Å²) in [5.41, 5.74) is 0.377. The quantitative estimate of drug-likeness (QED) is 0.813. The lowest BCUT2D eigenvalue weighted by molar-refractivity contribution is 0.124. The summed E-state index contributed by atoms with van der Waals surface area (Å²) >= 11 is 0. The molecule has 4 atom stereocenters. The van der Waals surface area contributed by atoms with Gasteiger partial charge in [0.05, 0.1) is 0 Å². The number of hydrogen-bond acceptors (Lipinski definition) is 2. The van der Waals surface area contributed by atoms with Gasteiger partial charge in [-0.15, -0.1) is 0 Å². The zero-order chi connectivity index (χ0) is 12.6. The highest BCUT2D eigenvalue weighted by atomic mass is 15.2. The van der Waals surface area contributed by atoms with Crippen molar-refractivity contribution in [3.8, 4) is 0 Å². The van der Waals surface area contributed by atoms with E-state index in [9.17, 15) is 0 Å². The van der Waals surface area contributed by atoms with Gasteiger partial charge < -0.3 is 10.2 Å². The van der Waals surface area contributed by atoms with Gasteiger partial charge in [-0.2, -0.15) is 0 Å². The van der Waals surface area contributed by atoms with Gasteiger partial charge in [0.1, 0.15) is 0 Å². The van der Waals surface area contributed by atoms with Crippen LogP contribution >= 0.6 is 0 Å². The SMILES string of the molecule is CC(N(C)CC1NCC2CCCC21)C(C)(C)C. The molecule has 0 aromatic carbocycles. The van der Waals surface area contributed by atoms with E-state index in [0.717, 1.165) is 17.9 Å². The lowest BCUT2D eigenvalue weighted by Gasteiger charge is -2.37. The Balaban J connectivity index is 1.88. The second kappa shape index (κ2) is 4.89. The minimum Gasteiger partial charge on any atom is -0.312 e. The van der Waals surface area contributed by atoms with Crippen LogP contribution in [0.2, 0.25) is 0 Å². The van der Waals surface area contributed by atoms with Gasteiger partial charge in [-0.3, -0.25) is 0 Å². The number of rotatable bonds is 3. The van der Waals surface area contributed by atoms with E-state index in [0.29, 0.717) is 11.5 Å². The molecular formula is C15H30N2. The van der Waals surface area contributed by atoms with Crippen LogP contribution < -0.4 is 5.32 Å². The molecule has 1 aliphatic heterocycles. The Kier molecular flexibility index (Phi) is 3.84. The minimum absolute atomic E-state index is 0.377. The van der Waals surface area contributed by atoms with Crippen molar-refractivity contribution in [1.29, 1.82) is 0 Å². The molecule has 2 nitrogen and oxygen atoms in total. The van der Waals surface area contributed by atoms with Crippen LogP contribution in [0, 0.1) is 17.3 Å². The van der Waals surface area contributed by atoms with Crippen LogP contribution in [-0.2, 0) is 0 Å². The molecule has 1 saturated carbocycles. The standard InChI is InChI=1S/C15H30N2/c1-11(15(2,3)4)17(5)10-14-13-8-6-7-12(13)9-16-14/h11-14,16H,6-10H2,1-5H3. The molecule has 100 valence electrons. The van der Waals surface area contributed by atoms with E-state index in [-0.39, 0.29) is 0 Å². The van der Waals surface area contributed by atoms with E-state index in [1.54, 1.807) is 0 Å². The van der Waals surface area contributed by atoms with E-state index < -0.39 is 0 Å². The van der Waals surface area contributed by atoms with Gasteiger partial charge in [0.15, 0.2) is 0 Å². The molecule has 4 unspecified atom stereocenters. The summed E-state index contributed by atoms with van der Waals surface area (Å²) in [6, 6.07) is 1.39. The van der Waals surface area contributed by atoms with Crippen molar-refractivity contribution < 1.29 is 0 Å². The van der Waals surface area contributed by atoms with Gasteiger partial charge in [-0.25, -0.2) is 0 Å². The number of nitrogens with one attached hydrogen (secondary N) is 1. The molecule has 1 saturated heterocycles. The normalized spacial score (nSPS) is 35.3. The Morgan fingerprint density at radius 2 is 2.00 bits per heavy atom. The maximum absolute atomic E-state index is 3.75. The van der Waals surface area contributed by atoms with E-state index >= 15 is 0 Å². The zero-order valence-corrected chi connectivity index (χ0v) is 12.3. The van der Waals surface area contributed by atoms with E-state index in [4.69, 9.17) is 0 Å². The Morgan fingerprint density at radius 3 is 2.65 bits per heavy atom. The van der Waals surface area contributed by atoms with Crippen molar-refractivity contribution in [2.24, 2.45) is 17.3 Å². The predicted molar refractivity (Wildman–Crippen MR) is 74.2 cm³/mol. The van der Waals surface area contributed by atoms with Gasteiger partial charge in [-0.05, 0) is 50.6 Å². The summed E-state index contributed by atoms with van der Waals surface area (Å²) in [6.45, 7) is 11.9. The lowest BCUT2D eigenvalue weighted by Crippen LogP contribution is -2.46. The topological polar surface area (TPSA) is 15.3 Å². The minimum atomic E-state index is 0.377.